The summed E-state index contributed by atoms with van der Waals surface area (Å²) in [5, 5.41) is 13.9. The Bertz CT molecular complexity index is 1910. The molecule has 6 aromatic rings. The maximum Gasteiger partial charge on any atom is 0.324 e. The van der Waals surface area contributed by atoms with Crippen LogP contribution in [-0.2, 0) is 12.8 Å². The first-order chi connectivity index (χ1) is 21.6. The molecule has 1 aliphatic carbocycles. The zero-order valence-corrected chi connectivity index (χ0v) is 23.6. The van der Waals surface area contributed by atoms with Crippen LogP contribution in [-0.4, -0.2) is 42.0 Å². The molecule has 0 saturated heterocycles. The lowest BCUT2D eigenvalue weighted by Crippen LogP contribution is -2.22. The van der Waals surface area contributed by atoms with Gasteiger partial charge in [-0.25, -0.2) is 19.6 Å². The van der Waals surface area contributed by atoms with Crippen LogP contribution < -0.4 is 21.3 Å². The van der Waals surface area contributed by atoms with E-state index >= 15 is 0 Å². The number of aryl methyl sites for hydroxylation is 1. The minimum Gasteiger partial charge on any atom is -0.307 e. The third kappa shape index (κ3) is 6.71. The van der Waals surface area contributed by atoms with Crippen LogP contribution in [0.1, 0.15) is 24.1 Å². The van der Waals surface area contributed by atoms with Crippen molar-refractivity contribution in [2.45, 2.75) is 25.7 Å². The van der Waals surface area contributed by atoms with Crippen molar-refractivity contribution >= 4 is 56.7 Å². The molecule has 0 unspecified atom stereocenters. The number of hydrogen-bond donors (Lipinski definition) is 4. The lowest BCUT2D eigenvalue weighted by Gasteiger charge is -2.21. The van der Waals surface area contributed by atoms with Gasteiger partial charge in [0.05, 0.1) is 35.5 Å². The van der Waals surface area contributed by atoms with Crippen LogP contribution in [0, 0.1) is 0 Å². The Kier molecular flexibility index (Phi) is 8.49. The molecule has 4 amide bonds. The van der Waals surface area contributed by atoms with Crippen molar-refractivity contribution in [2.24, 2.45) is 0 Å². The fraction of sp³-hybridized carbons (Fsp3) is 0.125. The summed E-state index contributed by atoms with van der Waals surface area (Å²) in [6.45, 7) is 0. The zero-order valence-electron chi connectivity index (χ0n) is 23.6. The number of nitrogens with one attached hydrogen (secondary N) is 4. The highest BCUT2D eigenvalue weighted by Crippen LogP contribution is 2.33. The summed E-state index contributed by atoms with van der Waals surface area (Å²) in [6.07, 6.45) is 16.7. The Morgan fingerprint density at radius 1 is 0.614 bits per heavy atom. The average molecular weight is 585 g/mol. The topological polar surface area (TPSA) is 160 Å². The molecule has 44 heavy (non-hydrogen) atoms. The van der Waals surface area contributed by atoms with Gasteiger partial charge < -0.3 is 10.6 Å². The van der Waals surface area contributed by atoms with E-state index in [1.165, 1.54) is 24.8 Å². The number of rotatable bonds is 4. The minimum atomic E-state index is -0.386. The summed E-state index contributed by atoms with van der Waals surface area (Å²) >= 11 is 0. The third-order valence-corrected chi connectivity index (χ3v) is 6.93. The molecule has 4 N–H and O–H groups in total. The number of carbonyl (C=O) groups excluding carboxylic acids is 2. The molecule has 0 atom stereocenters. The second-order valence-corrected chi connectivity index (χ2v) is 9.88. The van der Waals surface area contributed by atoms with Gasteiger partial charge in [0.1, 0.15) is 0 Å². The van der Waals surface area contributed by atoms with Crippen LogP contribution >= 0.6 is 0 Å². The summed E-state index contributed by atoms with van der Waals surface area (Å²) in [4.78, 5) is 49.0. The van der Waals surface area contributed by atoms with E-state index < -0.39 is 0 Å². The summed E-state index contributed by atoms with van der Waals surface area (Å²) in [7, 11) is 0. The number of para-hydroxylation sites is 1. The second-order valence-electron chi connectivity index (χ2n) is 9.88. The van der Waals surface area contributed by atoms with Gasteiger partial charge in [-0.2, -0.15) is 0 Å². The van der Waals surface area contributed by atoms with Gasteiger partial charge in [0.15, 0.2) is 11.6 Å². The lowest BCUT2D eigenvalue weighted by atomic mass is 9.93. The van der Waals surface area contributed by atoms with Crippen molar-refractivity contribution in [2.75, 3.05) is 21.3 Å². The highest BCUT2D eigenvalue weighted by molar-refractivity contribution is 6.07. The van der Waals surface area contributed by atoms with Gasteiger partial charge in [-0.15, -0.1) is 0 Å². The maximum absolute atomic E-state index is 12.4. The predicted molar refractivity (Wildman–Crippen MR) is 169 cm³/mol. The molecule has 0 saturated carbocycles. The largest absolute Gasteiger partial charge is 0.324 e. The number of anilines is 4. The summed E-state index contributed by atoms with van der Waals surface area (Å²) in [6, 6.07) is 14.9. The van der Waals surface area contributed by atoms with E-state index in [0.29, 0.717) is 17.3 Å². The number of amides is 4. The minimum absolute atomic E-state index is 0.320. The molecule has 12 heteroatoms. The number of benzene rings is 2. The molecule has 12 nitrogen and oxygen atoms in total. The zero-order chi connectivity index (χ0) is 30.1. The Morgan fingerprint density at radius 2 is 1.27 bits per heavy atom. The molecular formula is C32H28N10O2. The fourth-order valence-electron chi connectivity index (χ4n) is 4.99. The van der Waals surface area contributed by atoms with Crippen LogP contribution in [0.25, 0.3) is 21.7 Å². The first kappa shape index (κ1) is 28.1. The van der Waals surface area contributed by atoms with Gasteiger partial charge in [-0.05, 0) is 37.3 Å². The van der Waals surface area contributed by atoms with E-state index in [1.54, 1.807) is 24.8 Å². The van der Waals surface area contributed by atoms with Crippen molar-refractivity contribution < 1.29 is 9.59 Å². The molecular weight excluding hydrogens is 556 g/mol. The van der Waals surface area contributed by atoms with Crippen LogP contribution in [0.15, 0.2) is 98.1 Å². The van der Waals surface area contributed by atoms with Crippen molar-refractivity contribution in [3.05, 3.63) is 109 Å². The van der Waals surface area contributed by atoms with Crippen molar-refractivity contribution in [1.29, 1.82) is 0 Å². The fourth-order valence-corrected chi connectivity index (χ4v) is 4.99. The van der Waals surface area contributed by atoms with Crippen LogP contribution in [0.4, 0.5) is 32.6 Å². The number of hydrogen-bond acceptors (Lipinski definition) is 8. The van der Waals surface area contributed by atoms with Crippen LogP contribution in [0.2, 0.25) is 0 Å². The van der Waals surface area contributed by atoms with Gasteiger partial charge >= 0.3 is 12.1 Å². The van der Waals surface area contributed by atoms with E-state index in [9.17, 15) is 9.59 Å². The molecule has 7 rings (SSSR count). The molecule has 0 radical (unpaired) electrons. The lowest BCUT2D eigenvalue weighted by molar-refractivity contribution is 0.261. The number of urea groups is 2. The third-order valence-electron chi connectivity index (χ3n) is 6.93. The van der Waals surface area contributed by atoms with E-state index in [4.69, 9.17) is 4.98 Å². The molecule has 2 aromatic carbocycles. The second kappa shape index (κ2) is 13.3. The molecule has 0 aliphatic heterocycles. The highest BCUT2D eigenvalue weighted by Gasteiger charge is 2.19. The Labute approximate surface area is 252 Å². The van der Waals surface area contributed by atoms with Crippen molar-refractivity contribution in [3.8, 4) is 0 Å². The number of carbonyl (C=O) groups is 2. The average Bonchev–Trinajstić information content (AvgIpc) is 3.06. The number of pyridine rings is 2. The molecule has 0 spiro atoms. The van der Waals surface area contributed by atoms with Gasteiger partial charge in [0, 0.05) is 52.8 Å². The maximum atomic E-state index is 12.4. The first-order valence-electron chi connectivity index (χ1n) is 14.1. The normalized spacial score (nSPS) is 11.9. The highest BCUT2D eigenvalue weighted by atomic mass is 16.2. The van der Waals surface area contributed by atoms with Crippen molar-refractivity contribution in [3.63, 3.8) is 0 Å². The van der Waals surface area contributed by atoms with E-state index in [0.717, 1.165) is 64.3 Å². The van der Waals surface area contributed by atoms with E-state index in [2.05, 4.69) is 46.2 Å². The molecule has 4 aromatic heterocycles. The number of aromatic nitrogens is 6. The molecule has 218 valence electrons. The van der Waals surface area contributed by atoms with Crippen LogP contribution in [0.5, 0.6) is 0 Å². The standard InChI is InChI=1S/C18H17N5O.C14H11N5O/c24-18(22-16-11-19-9-10-20-16)23-17-12-5-1-3-7-14(12)21-15-8-4-2-6-13(15)17;20-14(19-13-9-15-5-6-17-13)18-12-8-16-7-10-3-1-2-4-11(10)12/h1,3,5,7,9-11H,2,4,6,8H2,(H2,20,21,22,23,24);1-9H,(H2,17,18,19,20). The molecule has 0 fully saturated rings. The summed E-state index contributed by atoms with van der Waals surface area (Å²) < 4.78 is 0. The Hall–Kier alpha value is -6.04. The molecule has 0 bridgehead atoms. The van der Waals surface area contributed by atoms with E-state index in [1.807, 2.05) is 48.5 Å². The van der Waals surface area contributed by atoms with Gasteiger partial charge in [0.2, 0.25) is 0 Å². The monoisotopic (exact) mass is 584 g/mol. The summed E-state index contributed by atoms with van der Waals surface area (Å²) in [5.41, 5.74) is 4.65. The SMILES string of the molecule is O=C(Nc1cnccn1)Nc1c2c(nc3ccccc13)CCCC2.O=C(Nc1cnccn1)Nc1cncc2ccccc12. The summed E-state index contributed by atoms with van der Waals surface area (Å²) in [5.74, 6) is 0.806. The predicted octanol–water partition coefficient (Wildman–Crippen LogP) is 6.22. The first-order valence-corrected chi connectivity index (χ1v) is 14.1. The van der Waals surface area contributed by atoms with E-state index in [-0.39, 0.29) is 12.1 Å². The smallest absolute Gasteiger partial charge is 0.307 e. The quantitative estimate of drug-likeness (QED) is 0.190. The number of nitrogens with zero attached hydrogens (tertiary/aromatic N) is 6. The van der Waals surface area contributed by atoms with Crippen molar-refractivity contribution in [1.82, 2.24) is 29.9 Å². The number of fused-ring (bicyclic) bond motifs is 3. The molecule has 4 heterocycles. The molecule has 1 aliphatic rings. The Balaban J connectivity index is 0.000000159. The van der Waals surface area contributed by atoms with Gasteiger partial charge in [0.25, 0.3) is 0 Å². The Morgan fingerprint density at radius 3 is 2.00 bits per heavy atom. The van der Waals surface area contributed by atoms with Gasteiger partial charge in [-0.1, -0.05) is 42.5 Å². The van der Waals surface area contributed by atoms with Crippen LogP contribution in [0.3, 0.4) is 0 Å². The van der Waals surface area contributed by atoms with Gasteiger partial charge in [-0.3, -0.25) is 30.6 Å².